The van der Waals surface area contributed by atoms with Crippen LogP contribution >= 0.6 is 0 Å². The van der Waals surface area contributed by atoms with Crippen LogP contribution in [0.25, 0.3) is 0 Å². The van der Waals surface area contributed by atoms with Gasteiger partial charge in [0.05, 0.1) is 23.3 Å². The minimum absolute atomic E-state index is 0.403. The molecule has 1 N–H and O–H groups in total. The fourth-order valence-electron chi connectivity index (χ4n) is 4.48. The van der Waals surface area contributed by atoms with Gasteiger partial charge in [-0.3, -0.25) is 5.01 Å². The second kappa shape index (κ2) is 15.4. The minimum Gasteiger partial charge on any atom is -0.383 e. The highest BCUT2D eigenvalue weighted by Crippen LogP contribution is 2.25. The summed E-state index contributed by atoms with van der Waals surface area (Å²) in [5.41, 5.74) is 6.14. The predicted molar refractivity (Wildman–Crippen MR) is 168 cm³/mol. The molecule has 0 unspecified atom stereocenters. The molecule has 0 amide bonds. The first-order valence-electron chi connectivity index (χ1n) is 14.6. The van der Waals surface area contributed by atoms with Crippen LogP contribution in [0.5, 0.6) is 0 Å². The highest BCUT2D eigenvalue weighted by atomic mass is 15.4. The molecule has 4 rings (SSSR count). The molecule has 0 spiro atoms. The highest BCUT2D eigenvalue weighted by Gasteiger charge is 2.05. The zero-order valence-electron chi connectivity index (χ0n) is 24.8. The van der Waals surface area contributed by atoms with Crippen LogP contribution in [0.15, 0.2) is 113 Å². The molecule has 0 saturated carbocycles. The maximum absolute atomic E-state index is 4.54. The fraction of sp³-hybridized carbons (Fsp3) is 0.324. The number of para-hydroxylation sites is 1. The Balaban J connectivity index is 1.13. The summed E-state index contributed by atoms with van der Waals surface area (Å²) in [6.45, 7) is 8.38. The molecule has 2 aromatic carbocycles. The predicted octanol–water partition coefficient (Wildman–Crippen LogP) is 7.54. The summed E-state index contributed by atoms with van der Waals surface area (Å²) in [5, 5.41) is 18.7. The third kappa shape index (κ3) is 9.94. The van der Waals surface area contributed by atoms with Crippen molar-refractivity contribution in [1.29, 1.82) is 0 Å². The number of rotatable bonds is 14. The lowest BCUT2D eigenvalue weighted by Gasteiger charge is -2.11. The lowest BCUT2D eigenvalue weighted by Crippen LogP contribution is -2.33. The van der Waals surface area contributed by atoms with Gasteiger partial charge in [0.15, 0.2) is 24.8 Å². The number of unbranched alkanes of at least 4 members (excludes halogenated alkanes) is 3. The number of hydrogen-bond donors (Lipinski definition) is 1. The van der Waals surface area contributed by atoms with Crippen molar-refractivity contribution in [2.75, 3.05) is 17.4 Å². The Labute approximate surface area is 244 Å². The van der Waals surface area contributed by atoms with Crippen LogP contribution in [0, 0.1) is 6.92 Å². The first kappa shape index (κ1) is 29.6. The van der Waals surface area contributed by atoms with E-state index >= 15 is 0 Å². The number of hydrogen-bond acceptors (Lipinski definition) is 5. The van der Waals surface area contributed by atoms with E-state index in [2.05, 4.69) is 99.6 Å². The largest absolute Gasteiger partial charge is 0.383 e. The molecule has 0 aliphatic rings. The van der Waals surface area contributed by atoms with Gasteiger partial charge in [-0.15, -0.1) is 0 Å². The number of anilines is 2. The van der Waals surface area contributed by atoms with Gasteiger partial charge in [0.2, 0.25) is 0 Å². The molecule has 0 aliphatic heterocycles. The summed E-state index contributed by atoms with van der Waals surface area (Å²) in [7, 11) is 1.96. The Bertz CT molecular complexity index is 1400. The molecule has 7 heteroatoms. The molecular formula is C34H43N7+2. The average Bonchev–Trinajstić information content (AvgIpc) is 2.98. The quantitative estimate of drug-likeness (QED) is 0.0581. The topological polar surface area (TPSA) is 60.1 Å². The smallest absolute Gasteiger partial charge is 0.171 e. The summed E-state index contributed by atoms with van der Waals surface area (Å²) in [6, 6.07) is 25.0. The second-order valence-electron chi connectivity index (χ2n) is 10.7. The summed E-state index contributed by atoms with van der Waals surface area (Å²) in [5.74, 6) is 0. The van der Waals surface area contributed by atoms with E-state index < -0.39 is 0 Å². The number of nitrogens with one attached hydrogen (secondary N) is 1. The molecule has 0 saturated heterocycles. The van der Waals surface area contributed by atoms with Crippen molar-refractivity contribution in [2.24, 2.45) is 15.3 Å². The molecular weight excluding hydrogens is 506 g/mol. The maximum Gasteiger partial charge on any atom is 0.171 e. The standard InChI is InChI=1S/C34H42N7/c1-28(2)36-32-14-15-34(29(3)26-32)38-37-31-18-24-41(25-19-31)21-11-6-5-10-20-40-22-16-30(17-23-40)27-35-39(4)33-12-8-7-9-13-33/h7-9,12-19,22-28H,5-6,10-11,20-21H2,1-4H3/q+1/p+1. The van der Waals surface area contributed by atoms with Crippen LogP contribution in [0.3, 0.4) is 0 Å². The molecule has 4 aromatic rings. The Morgan fingerprint density at radius 2 is 1.41 bits per heavy atom. The Kier molecular flexibility index (Phi) is 11.1. The van der Waals surface area contributed by atoms with Gasteiger partial charge in [-0.1, -0.05) is 18.2 Å². The molecule has 0 fully saturated rings. The lowest BCUT2D eigenvalue weighted by atomic mass is 10.2. The van der Waals surface area contributed by atoms with Crippen LogP contribution in [0.1, 0.15) is 50.7 Å². The van der Waals surface area contributed by atoms with E-state index in [0.29, 0.717) is 6.04 Å². The molecule has 2 heterocycles. The van der Waals surface area contributed by atoms with Crippen molar-refractivity contribution in [1.82, 2.24) is 0 Å². The van der Waals surface area contributed by atoms with Crippen molar-refractivity contribution < 1.29 is 9.13 Å². The average molecular weight is 550 g/mol. The van der Waals surface area contributed by atoms with Crippen LogP contribution < -0.4 is 19.5 Å². The van der Waals surface area contributed by atoms with E-state index in [0.717, 1.165) is 53.4 Å². The van der Waals surface area contributed by atoms with Crippen LogP contribution in [-0.4, -0.2) is 19.3 Å². The summed E-state index contributed by atoms with van der Waals surface area (Å²) >= 11 is 0. The third-order valence-electron chi connectivity index (χ3n) is 6.81. The van der Waals surface area contributed by atoms with E-state index in [1.165, 1.54) is 19.3 Å². The number of azo groups is 1. The number of pyridine rings is 2. The Hall–Kier alpha value is -4.39. The van der Waals surface area contributed by atoms with Crippen molar-refractivity contribution in [3.8, 4) is 0 Å². The first-order chi connectivity index (χ1) is 20.0. The van der Waals surface area contributed by atoms with E-state index in [9.17, 15) is 0 Å². The van der Waals surface area contributed by atoms with E-state index in [1.54, 1.807) is 0 Å². The Morgan fingerprint density at radius 1 is 0.780 bits per heavy atom. The minimum atomic E-state index is 0.403. The van der Waals surface area contributed by atoms with Crippen molar-refractivity contribution in [3.63, 3.8) is 0 Å². The van der Waals surface area contributed by atoms with Gasteiger partial charge in [-0.2, -0.15) is 15.3 Å². The summed E-state index contributed by atoms with van der Waals surface area (Å²) < 4.78 is 4.47. The van der Waals surface area contributed by atoms with Gasteiger partial charge in [-0.05, 0) is 69.5 Å². The fourth-order valence-corrected chi connectivity index (χ4v) is 4.48. The Morgan fingerprint density at radius 3 is 2.02 bits per heavy atom. The monoisotopic (exact) mass is 549 g/mol. The van der Waals surface area contributed by atoms with Gasteiger partial charge < -0.3 is 5.32 Å². The van der Waals surface area contributed by atoms with Gasteiger partial charge in [-0.25, -0.2) is 9.13 Å². The number of hydrazone groups is 1. The van der Waals surface area contributed by atoms with Gasteiger partial charge in [0.1, 0.15) is 13.1 Å². The van der Waals surface area contributed by atoms with Gasteiger partial charge >= 0.3 is 0 Å². The zero-order chi connectivity index (χ0) is 28.9. The van der Waals surface area contributed by atoms with E-state index in [-0.39, 0.29) is 0 Å². The number of aryl methyl sites for hydroxylation is 3. The van der Waals surface area contributed by atoms with E-state index in [4.69, 9.17) is 0 Å². The molecule has 41 heavy (non-hydrogen) atoms. The molecule has 0 aliphatic carbocycles. The van der Waals surface area contributed by atoms with Gasteiger partial charge in [0.25, 0.3) is 0 Å². The molecule has 0 atom stereocenters. The third-order valence-corrected chi connectivity index (χ3v) is 6.81. The van der Waals surface area contributed by atoms with Crippen LogP contribution in [0.4, 0.5) is 22.7 Å². The summed E-state index contributed by atoms with van der Waals surface area (Å²) in [4.78, 5) is 0. The van der Waals surface area contributed by atoms with E-state index in [1.807, 2.05) is 66.8 Å². The lowest BCUT2D eigenvalue weighted by molar-refractivity contribution is -0.698. The van der Waals surface area contributed by atoms with Crippen LogP contribution in [0.2, 0.25) is 0 Å². The SMILES string of the molecule is Cc1cc(NC(C)C)ccc1N=Nc1cc[n+](CCCCCC[n+]2ccc(C=NN(C)c3ccccc3)cc2)cc1. The highest BCUT2D eigenvalue weighted by molar-refractivity contribution is 5.79. The molecule has 212 valence electrons. The number of nitrogens with zero attached hydrogens (tertiary/aromatic N) is 6. The maximum atomic E-state index is 4.54. The van der Waals surface area contributed by atoms with Crippen molar-refractivity contribution >= 4 is 29.0 Å². The normalized spacial score (nSPS) is 11.5. The second-order valence-corrected chi connectivity index (χ2v) is 10.7. The van der Waals surface area contributed by atoms with Crippen molar-refractivity contribution in [3.05, 3.63) is 109 Å². The molecule has 0 radical (unpaired) electrons. The van der Waals surface area contributed by atoms with Crippen molar-refractivity contribution in [2.45, 2.75) is 65.6 Å². The number of aromatic nitrogens is 2. The zero-order valence-corrected chi connectivity index (χ0v) is 24.8. The number of benzene rings is 2. The molecule has 7 nitrogen and oxygen atoms in total. The molecule has 2 aromatic heterocycles. The first-order valence-corrected chi connectivity index (χ1v) is 14.6. The molecule has 0 bridgehead atoms. The van der Waals surface area contributed by atoms with Crippen LogP contribution in [-0.2, 0) is 13.1 Å². The van der Waals surface area contributed by atoms with Gasteiger partial charge in [0, 0.05) is 61.4 Å². The summed E-state index contributed by atoms with van der Waals surface area (Å²) in [6.07, 6.45) is 15.1.